The lowest BCUT2D eigenvalue weighted by Crippen LogP contribution is -2.50. The Morgan fingerprint density at radius 3 is 2.75 bits per heavy atom. The van der Waals surface area contributed by atoms with E-state index in [2.05, 4.69) is 15.0 Å². The van der Waals surface area contributed by atoms with Gasteiger partial charge in [0.1, 0.15) is 30.2 Å². The molecular weight excluding hydrogens is 448 g/mol. The molecular formula is C16H26N8O7S. The van der Waals surface area contributed by atoms with Gasteiger partial charge in [-0.2, -0.15) is 8.42 Å². The largest absolute Gasteiger partial charge is 0.387 e. The molecule has 0 saturated carbocycles. The van der Waals surface area contributed by atoms with Gasteiger partial charge in [-0.1, -0.05) is 25.2 Å². The van der Waals surface area contributed by atoms with E-state index in [1.165, 1.54) is 17.2 Å². The van der Waals surface area contributed by atoms with E-state index in [0.29, 0.717) is 6.42 Å². The van der Waals surface area contributed by atoms with Crippen LogP contribution in [0.5, 0.6) is 0 Å². The van der Waals surface area contributed by atoms with Gasteiger partial charge in [0.25, 0.3) is 5.91 Å². The number of aliphatic hydroxyl groups excluding tert-OH is 2. The van der Waals surface area contributed by atoms with E-state index in [1.54, 1.807) is 16.5 Å². The number of rotatable bonds is 9. The fourth-order valence-electron chi connectivity index (χ4n) is 3.08. The zero-order valence-electron chi connectivity index (χ0n) is 17.3. The second kappa shape index (κ2) is 9.57. The number of hydrogen-bond donors (Lipinski definition) is 6. The number of amides is 1. The highest BCUT2D eigenvalue weighted by molar-refractivity contribution is 7.87. The molecule has 0 spiro atoms. The number of carbonyl (C=O) groups excluding carboxylic acids is 1. The minimum atomic E-state index is -4.38. The van der Waals surface area contributed by atoms with Crippen LogP contribution in [0, 0.1) is 5.92 Å². The van der Waals surface area contributed by atoms with Crippen LogP contribution in [0.25, 0.3) is 11.2 Å². The number of fused-ring (bicyclic) bond motifs is 1. The van der Waals surface area contributed by atoms with Crippen molar-refractivity contribution in [3.8, 4) is 0 Å². The quantitative estimate of drug-likeness (QED) is 0.204. The molecule has 1 saturated heterocycles. The van der Waals surface area contributed by atoms with E-state index < -0.39 is 53.3 Å². The molecule has 0 bridgehead atoms. The van der Waals surface area contributed by atoms with Crippen LogP contribution >= 0.6 is 0 Å². The fraction of sp³-hybridized carbons (Fsp3) is 0.625. The second-order valence-corrected chi connectivity index (χ2v) is 8.78. The molecule has 2 aromatic heterocycles. The number of ether oxygens (including phenoxy) is 1. The first-order chi connectivity index (χ1) is 15.1. The van der Waals surface area contributed by atoms with Gasteiger partial charge in [0.15, 0.2) is 17.7 Å². The van der Waals surface area contributed by atoms with Crippen LogP contribution < -0.4 is 21.1 Å². The number of nitrogen functional groups attached to an aromatic ring is 1. The van der Waals surface area contributed by atoms with Gasteiger partial charge < -0.3 is 26.4 Å². The number of carbonyl (C=O) groups is 1. The number of nitrogens with one attached hydrogen (secondary N) is 2. The molecule has 0 aliphatic carbocycles. The first-order valence-corrected chi connectivity index (χ1v) is 11.2. The Labute approximate surface area is 183 Å². The van der Waals surface area contributed by atoms with Gasteiger partial charge in [0, 0.05) is 0 Å². The van der Waals surface area contributed by atoms with E-state index in [1.807, 2.05) is 6.92 Å². The summed E-state index contributed by atoms with van der Waals surface area (Å²) in [6, 6.07) is -1.02. The highest BCUT2D eigenvalue weighted by Crippen LogP contribution is 2.31. The standard InChI is InChI=1S/C16H26N8O7S/c1-3-7(2)9(17)15(27)22-32(28,29)23-30-4-8-11(25)12(26)16(31-8)24-6-21-10-13(18)19-5-20-14(10)24/h5-9,11-12,16,23,25-26H,3-4,17H2,1-2H3,(H,22,27)(H2,18,19,20)/t7-,8+,9-,11+,12+,16?/m0/s1. The molecule has 32 heavy (non-hydrogen) atoms. The number of aliphatic hydroxyl groups is 2. The van der Waals surface area contributed by atoms with Gasteiger partial charge in [0.05, 0.1) is 19.0 Å². The van der Waals surface area contributed by atoms with Crippen molar-refractivity contribution in [2.45, 2.75) is 50.8 Å². The van der Waals surface area contributed by atoms with Crippen molar-refractivity contribution in [2.75, 3.05) is 12.3 Å². The van der Waals surface area contributed by atoms with Crippen molar-refractivity contribution in [2.24, 2.45) is 11.7 Å². The van der Waals surface area contributed by atoms with E-state index in [-0.39, 0.29) is 22.9 Å². The molecule has 15 nitrogen and oxygen atoms in total. The molecule has 1 aliphatic rings. The van der Waals surface area contributed by atoms with Crippen LogP contribution in [-0.2, 0) is 24.6 Å². The van der Waals surface area contributed by atoms with E-state index >= 15 is 0 Å². The van der Waals surface area contributed by atoms with Crippen molar-refractivity contribution in [1.82, 2.24) is 29.1 Å². The average Bonchev–Trinajstić information content (AvgIpc) is 3.29. The zero-order chi connectivity index (χ0) is 23.6. The third kappa shape index (κ3) is 4.96. The molecule has 6 atom stereocenters. The van der Waals surface area contributed by atoms with Crippen LogP contribution in [0.1, 0.15) is 26.5 Å². The lowest BCUT2D eigenvalue weighted by atomic mass is 10.00. The van der Waals surface area contributed by atoms with Crippen LogP contribution in [-0.4, -0.2) is 75.0 Å². The van der Waals surface area contributed by atoms with E-state index in [0.717, 1.165) is 0 Å². The number of imidazole rings is 1. The molecule has 3 heterocycles. The Morgan fingerprint density at radius 1 is 1.34 bits per heavy atom. The van der Waals surface area contributed by atoms with Crippen LogP contribution in [0.3, 0.4) is 0 Å². The third-order valence-electron chi connectivity index (χ3n) is 5.21. The van der Waals surface area contributed by atoms with Gasteiger partial charge in [0.2, 0.25) is 0 Å². The van der Waals surface area contributed by atoms with Crippen LogP contribution in [0.2, 0.25) is 0 Å². The molecule has 8 N–H and O–H groups in total. The van der Waals surface area contributed by atoms with Crippen molar-refractivity contribution < 1.29 is 33.0 Å². The number of nitrogens with zero attached hydrogens (tertiary/aromatic N) is 4. The molecule has 0 aromatic carbocycles. The highest BCUT2D eigenvalue weighted by Gasteiger charge is 2.44. The topological polar surface area (TPSA) is 230 Å². The number of hydrogen-bond acceptors (Lipinski definition) is 12. The number of anilines is 1. The summed E-state index contributed by atoms with van der Waals surface area (Å²) in [5.74, 6) is -0.992. The molecule has 178 valence electrons. The Morgan fingerprint density at radius 2 is 2.06 bits per heavy atom. The first kappa shape index (κ1) is 24.2. The molecule has 1 aliphatic heterocycles. The lowest BCUT2D eigenvalue weighted by molar-refractivity contribution is -0.121. The number of aromatic nitrogens is 4. The Hall–Kier alpha value is -2.47. The maximum absolute atomic E-state index is 12.0. The fourth-order valence-corrected chi connectivity index (χ4v) is 3.75. The van der Waals surface area contributed by atoms with Gasteiger partial charge in [-0.05, 0) is 5.92 Å². The summed E-state index contributed by atoms with van der Waals surface area (Å²) in [6.07, 6.45) is -1.92. The van der Waals surface area contributed by atoms with E-state index in [9.17, 15) is 23.4 Å². The zero-order valence-corrected chi connectivity index (χ0v) is 18.1. The van der Waals surface area contributed by atoms with Gasteiger partial charge in [-0.25, -0.2) is 19.7 Å². The summed E-state index contributed by atoms with van der Waals surface area (Å²) in [5.41, 5.74) is 12.0. The molecule has 3 rings (SSSR count). The molecule has 16 heteroatoms. The molecule has 2 aromatic rings. The maximum Gasteiger partial charge on any atom is 0.323 e. The first-order valence-electron chi connectivity index (χ1n) is 9.71. The maximum atomic E-state index is 12.0. The summed E-state index contributed by atoms with van der Waals surface area (Å²) in [4.78, 5) is 30.5. The minimum Gasteiger partial charge on any atom is -0.387 e. The van der Waals surface area contributed by atoms with Crippen molar-refractivity contribution in [3.05, 3.63) is 12.7 Å². The van der Waals surface area contributed by atoms with E-state index in [4.69, 9.17) is 21.0 Å². The summed E-state index contributed by atoms with van der Waals surface area (Å²) in [5, 5.41) is 20.7. The van der Waals surface area contributed by atoms with Crippen molar-refractivity contribution in [3.63, 3.8) is 0 Å². The predicted molar refractivity (Wildman–Crippen MR) is 109 cm³/mol. The van der Waals surface area contributed by atoms with Crippen molar-refractivity contribution in [1.29, 1.82) is 0 Å². The SMILES string of the molecule is CC[C@H](C)[C@H](N)C(=O)NS(=O)(=O)NOC[C@H]1OC(n2cnc3c(N)ncnc32)[C@H](O)[C@@H]1O. The molecule has 1 unspecified atom stereocenters. The second-order valence-electron chi connectivity index (χ2n) is 7.40. The Bertz CT molecular complexity index is 1060. The summed E-state index contributed by atoms with van der Waals surface area (Å²) in [6.45, 7) is 3.05. The summed E-state index contributed by atoms with van der Waals surface area (Å²) in [7, 11) is -4.38. The lowest BCUT2D eigenvalue weighted by Gasteiger charge is -2.18. The molecule has 1 fully saturated rings. The van der Waals surface area contributed by atoms with Crippen LogP contribution in [0.15, 0.2) is 12.7 Å². The van der Waals surface area contributed by atoms with Gasteiger partial charge >= 0.3 is 10.2 Å². The van der Waals surface area contributed by atoms with Crippen molar-refractivity contribution >= 4 is 33.1 Å². The third-order valence-corrected chi connectivity index (χ3v) is 6.02. The predicted octanol–water partition coefficient (Wildman–Crippen LogP) is -2.72. The number of nitrogens with two attached hydrogens (primary N) is 2. The smallest absolute Gasteiger partial charge is 0.323 e. The van der Waals surface area contributed by atoms with Crippen LogP contribution in [0.4, 0.5) is 5.82 Å². The normalized spacial score (nSPS) is 25.7. The van der Waals surface area contributed by atoms with Gasteiger partial charge in [-0.3, -0.25) is 14.2 Å². The van der Waals surface area contributed by atoms with Gasteiger partial charge in [-0.15, -0.1) is 0 Å². The molecule has 1 amide bonds. The Kier molecular flexibility index (Phi) is 7.23. The summed E-state index contributed by atoms with van der Waals surface area (Å²) < 4.78 is 32.7. The minimum absolute atomic E-state index is 0.131. The highest BCUT2D eigenvalue weighted by atomic mass is 32.2. The average molecular weight is 475 g/mol. The molecule has 0 radical (unpaired) electrons. The Balaban J connectivity index is 1.59. The summed E-state index contributed by atoms with van der Waals surface area (Å²) >= 11 is 0. The monoisotopic (exact) mass is 474 g/mol.